The van der Waals surface area contributed by atoms with E-state index in [9.17, 15) is 9.36 Å². The first-order chi connectivity index (χ1) is 18.4. The van der Waals surface area contributed by atoms with Crippen LogP contribution in [0.3, 0.4) is 0 Å². The van der Waals surface area contributed by atoms with Crippen LogP contribution >= 0.6 is 19.5 Å². The molecule has 0 unspecified atom stereocenters. The molecule has 0 fully saturated rings. The molecule has 0 aliphatic rings. The van der Waals surface area contributed by atoms with Crippen molar-refractivity contribution in [2.75, 3.05) is 34.2 Å². The minimum Gasteiger partial charge on any atom is -0.497 e. The number of esters is 1. The SMILES string of the molecule is COC(=O)CN(CP(=O)(Oc1ccc(OC)cc1)Oc1ccc(OC)cc1)Sc1ccc2ccccc2c1. The quantitative estimate of drug-likeness (QED) is 0.109. The van der Waals surface area contributed by atoms with Crippen molar-refractivity contribution in [1.29, 1.82) is 0 Å². The van der Waals surface area contributed by atoms with E-state index < -0.39 is 13.6 Å². The van der Waals surface area contributed by atoms with Crippen LogP contribution in [-0.2, 0) is 14.1 Å². The van der Waals surface area contributed by atoms with E-state index in [1.165, 1.54) is 19.1 Å². The van der Waals surface area contributed by atoms with Gasteiger partial charge in [0.05, 0.1) is 21.3 Å². The number of nitrogens with zero attached hydrogens (tertiary/aromatic N) is 1. The van der Waals surface area contributed by atoms with Gasteiger partial charge in [-0.2, -0.15) is 0 Å². The third kappa shape index (κ3) is 7.44. The molecule has 4 aromatic rings. The molecule has 4 rings (SSSR count). The molecule has 0 N–H and O–H groups in total. The summed E-state index contributed by atoms with van der Waals surface area (Å²) >= 11 is 1.27. The highest BCUT2D eigenvalue weighted by molar-refractivity contribution is 7.97. The van der Waals surface area contributed by atoms with E-state index in [4.69, 9.17) is 23.3 Å². The monoisotopic (exact) mass is 553 g/mol. The zero-order chi connectivity index (χ0) is 27.0. The van der Waals surface area contributed by atoms with Crippen LogP contribution in [-0.4, -0.2) is 44.4 Å². The van der Waals surface area contributed by atoms with Gasteiger partial charge in [0.25, 0.3) is 0 Å². The van der Waals surface area contributed by atoms with E-state index in [2.05, 4.69) is 0 Å². The summed E-state index contributed by atoms with van der Waals surface area (Å²) in [4.78, 5) is 13.1. The zero-order valence-electron chi connectivity index (χ0n) is 21.2. The fourth-order valence-corrected chi connectivity index (χ4v) is 6.51. The molecule has 0 heterocycles. The van der Waals surface area contributed by atoms with Gasteiger partial charge in [-0.15, -0.1) is 0 Å². The highest BCUT2D eigenvalue weighted by atomic mass is 32.2. The van der Waals surface area contributed by atoms with Gasteiger partial charge in [0.15, 0.2) is 0 Å². The van der Waals surface area contributed by atoms with Crippen molar-refractivity contribution in [3.8, 4) is 23.0 Å². The Bertz CT molecular complexity index is 1360. The maximum absolute atomic E-state index is 14.2. The minimum absolute atomic E-state index is 0.143. The van der Waals surface area contributed by atoms with Crippen molar-refractivity contribution in [2.24, 2.45) is 0 Å². The number of hydrogen-bond acceptors (Lipinski definition) is 9. The Morgan fingerprint density at radius 1 is 0.737 bits per heavy atom. The summed E-state index contributed by atoms with van der Waals surface area (Å²) < 4.78 is 43.1. The number of hydrogen-bond donors (Lipinski definition) is 0. The largest absolute Gasteiger partial charge is 0.497 e. The van der Waals surface area contributed by atoms with Gasteiger partial charge >= 0.3 is 13.6 Å². The highest BCUT2D eigenvalue weighted by Gasteiger charge is 2.33. The standard InChI is InChI=1S/C28H28NO7PS/c1-32-23-9-13-25(14-10-23)35-37(31,36-26-15-11-24(33-2)12-16-26)20-29(19-28(30)34-3)38-27-17-8-21-6-4-5-7-22(21)18-27/h4-18H,19-20H2,1-3H3. The van der Waals surface area contributed by atoms with Crippen LogP contribution in [0.15, 0.2) is 95.9 Å². The Morgan fingerprint density at radius 2 is 1.26 bits per heavy atom. The Hall–Kier alpha value is -3.65. The van der Waals surface area contributed by atoms with Crippen LogP contribution in [0.2, 0.25) is 0 Å². The van der Waals surface area contributed by atoms with Crippen molar-refractivity contribution >= 4 is 36.3 Å². The lowest BCUT2D eigenvalue weighted by atomic mass is 10.1. The molecule has 0 aliphatic heterocycles. The molecule has 0 radical (unpaired) electrons. The van der Waals surface area contributed by atoms with Gasteiger partial charge in [-0.3, -0.25) is 4.79 Å². The maximum Gasteiger partial charge on any atom is 0.445 e. The van der Waals surface area contributed by atoms with Gasteiger partial charge in [-0.1, -0.05) is 30.3 Å². The van der Waals surface area contributed by atoms with Crippen molar-refractivity contribution in [3.05, 3.63) is 91.0 Å². The highest BCUT2D eigenvalue weighted by Crippen LogP contribution is 2.50. The molecular weight excluding hydrogens is 525 g/mol. The molecule has 0 amide bonds. The van der Waals surface area contributed by atoms with Crippen molar-refractivity contribution in [3.63, 3.8) is 0 Å². The van der Waals surface area contributed by atoms with Crippen LogP contribution in [0.4, 0.5) is 0 Å². The van der Waals surface area contributed by atoms with E-state index in [1.54, 1.807) is 67.1 Å². The van der Waals surface area contributed by atoms with Crippen LogP contribution in [0.1, 0.15) is 0 Å². The second-order valence-corrected chi connectivity index (χ2v) is 11.1. The number of methoxy groups -OCH3 is 3. The normalized spacial score (nSPS) is 11.3. The Kier molecular flexibility index (Phi) is 9.18. The predicted octanol–water partition coefficient (Wildman–Crippen LogP) is 6.65. The first-order valence-electron chi connectivity index (χ1n) is 11.6. The summed E-state index contributed by atoms with van der Waals surface area (Å²) in [6, 6.07) is 27.3. The molecule has 0 aliphatic carbocycles. The van der Waals surface area contributed by atoms with E-state index in [1.807, 2.05) is 42.5 Å². The van der Waals surface area contributed by atoms with Crippen molar-refractivity contribution in [1.82, 2.24) is 4.31 Å². The smallest absolute Gasteiger partial charge is 0.445 e. The van der Waals surface area contributed by atoms with Crippen molar-refractivity contribution < 1.29 is 32.6 Å². The lowest BCUT2D eigenvalue weighted by Gasteiger charge is -2.26. The van der Waals surface area contributed by atoms with E-state index in [0.717, 1.165) is 15.7 Å². The fraction of sp³-hybridized carbons (Fsp3) is 0.179. The first-order valence-corrected chi connectivity index (χ1v) is 14.1. The zero-order valence-corrected chi connectivity index (χ0v) is 22.9. The molecule has 0 atom stereocenters. The summed E-state index contributed by atoms with van der Waals surface area (Å²) in [5.74, 6) is 1.43. The molecule has 4 aromatic carbocycles. The number of ether oxygens (including phenoxy) is 3. The summed E-state index contributed by atoms with van der Waals surface area (Å²) in [6.45, 7) is -0.143. The molecule has 0 saturated heterocycles. The third-order valence-electron chi connectivity index (χ3n) is 5.43. The second kappa shape index (κ2) is 12.7. The molecule has 198 valence electrons. The predicted molar refractivity (Wildman–Crippen MR) is 148 cm³/mol. The Labute approximate surface area is 226 Å². The molecule has 0 aromatic heterocycles. The van der Waals surface area contributed by atoms with Crippen LogP contribution in [0.25, 0.3) is 10.8 Å². The number of carbonyl (C=O) groups excluding carboxylic acids is 1. The molecule has 38 heavy (non-hydrogen) atoms. The first kappa shape index (κ1) is 27.4. The van der Waals surface area contributed by atoms with Gasteiger partial charge in [-0.25, -0.2) is 8.87 Å². The Balaban J connectivity index is 1.63. The number of carbonyl (C=O) groups is 1. The molecular formula is C28H28NO7PS. The molecule has 10 heteroatoms. The maximum atomic E-state index is 14.2. The lowest BCUT2D eigenvalue weighted by Crippen LogP contribution is -2.27. The topological polar surface area (TPSA) is 83.5 Å². The van der Waals surface area contributed by atoms with E-state index >= 15 is 0 Å². The number of rotatable bonds is 12. The lowest BCUT2D eigenvalue weighted by molar-refractivity contribution is -0.140. The molecule has 0 saturated carbocycles. The van der Waals surface area contributed by atoms with Gasteiger partial charge in [0, 0.05) is 4.90 Å². The van der Waals surface area contributed by atoms with Gasteiger partial charge in [0.1, 0.15) is 35.8 Å². The van der Waals surface area contributed by atoms with Crippen molar-refractivity contribution in [2.45, 2.75) is 4.90 Å². The summed E-state index contributed by atoms with van der Waals surface area (Å²) in [5.41, 5.74) is 0. The summed E-state index contributed by atoms with van der Waals surface area (Å²) in [7, 11) is 0.521. The number of fused-ring (bicyclic) bond motifs is 1. The summed E-state index contributed by atoms with van der Waals surface area (Å²) in [5, 5.41) is 2.13. The van der Waals surface area contributed by atoms with Crippen LogP contribution < -0.4 is 18.5 Å². The second-order valence-electron chi connectivity index (χ2n) is 8.10. The molecule has 0 bridgehead atoms. The molecule has 8 nitrogen and oxygen atoms in total. The average molecular weight is 554 g/mol. The van der Waals surface area contributed by atoms with Gasteiger partial charge in [0.2, 0.25) is 0 Å². The van der Waals surface area contributed by atoms with Gasteiger partial charge < -0.3 is 23.3 Å². The third-order valence-corrected chi connectivity index (χ3v) is 8.27. The summed E-state index contributed by atoms with van der Waals surface area (Å²) in [6.07, 6.45) is -0.211. The minimum atomic E-state index is -3.90. The van der Waals surface area contributed by atoms with E-state index in [0.29, 0.717) is 23.0 Å². The van der Waals surface area contributed by atoms with Gasteiger partial charge in [-0.05, 0) is 83.4 Å². The fourth-order valence-electron chi connectivity index (χ4n) is 3.56. The van der Waals surface area contributed by atoms with E-state index in [-0.39, 0.29) is 12.8 Å². The van der Waals surface area contributed by atoms with Crippen LogP contribution in [0.5, 0.6) is 23.0 Å². The molecule has 0 spiro atoms. The number of benzene rings is 4. The Morgan fingerprint density at radius 3 is 1.79 bits per heavy atom. The average Bonchev–Trinajstić information content (AvgIpc) is 2.93. The van der Waals surface area contributed by atoms with Crippen LogP contribution in [0, 0.1) is 0 Å².